The lowest BCUT2D eigenvalue weighted by Crippen LogP contribution is -1.95. The van der Waals surface area contributed by atoms with Crippen molar-refractivity contribution in [3.63, 3.8) is 0 Å². The standard InChI is InChI=1S/C16H13BrO3/c17-15-8-7-14(10-13(15)6-9-16(18)19)20-11-12-4-2-1-3-5-12/h1-10H,11H2,(H,18,19)/b9-6+. The molecule has 102 valence electrons. The van der Waals surface area contributed by atoms with Gasteiger partial charge in [-0.05, 0) is 35.4 Å². The highest BCUT2D eigenvalue weighted by molar-refractivity contribution is 9.10. The van der Waals surface area contributed by atoms with Crippen molar-refractivity contribution in [3.8, 4) is 5.75 Å². The van der Waals surface area contributed by atoms with Crippen LogP contribution in [0.2, 0.25) is 0 Å². The molecule has 0 aliphatic rings. The van der Waals surface area contributed by atoms with E-state index in [-0.39, 0.29) is 0 Å². The summed E-state index contributed by atoms with van der Waals surface area (Å²) < 4.78 is 6.51. The van der Waals surface area contributed by atoms with E-state index < -0.39 is 5.97 Å². The smallest absolute Gasteiger partial charge is 0.328 e. The average Bonchev–Trinajstić information content (AvgIpc) is 2.46. The molecule has 0 atom stereocenters. The lowest BCUT2D eigenvalue weighted by atomic mass is 10.2. The van der Waals surface area contributed by atoms with Gasteiger partial charge in [0.05, 0.1) is 0 Å². The molecule has 0 spiro atoms. The SMILES string of the molecule is O=C(O)/C=C/c1cc(OCc2ccccc2)ccc1Br. The van der Waals surface area contributed by atoms with Crippen LogP contribution in [0, 0.1) is 0 Å². The molecule has 0 amide bonds. The minimum atomic E-state index is -0.979. The van der Waals surface area contributed by atoms with Crippen molar-refractivity contribution >= 4 is 28.0 Å². The second-order valence-electron chi connectivity index (χ2n) is 4.13. The Morgan fingerprint density at radius 2 is 1.95 bits per heavy atom. The fourth-order valence-electron chi connectivity index (χ4n) is 1.64. The fourth-order valence-corrected chi connectivity index (χ4v) is 2.02. The Morgan fingerprint density at radius 1 is 1.20 bits per heavy atom. The molecule has 0 bridgehead atoms. The molecule has 3 nitrogen and oxygen atoms in total. The Balaban J connectivity index is 2.09. The lowest BCUT2D eigenvalue weighted by molar-refractivity contribution is -0.131. The summed E-state index contributed by atoms with van der Waals surface area (Å²) in [5.74, 6) is -0.283. The van der Waals surface area contributed by atoms with Gasteiger partial charge in [0.15, 0.2) is 0 Å². The van der Waals surface area contributed by atoms with E-state index in [1.807, 2.05) is 42.5 Å². The van der Waals surface area contributed by atoms with Crippen LogP contribution in [0.1, 0.15) is 11.1 Å². The summed E-state index contributed by atoms with van der Waals surface area (Å²) in [6.07, 6.45) is 2.63. The lowest BCUT2D eigenvalue weighted by Gasteiger charge is -2.08. The predicted molar refractivity (Wildman–Crippen MR) is 81.6 cm³/mol. The average molecular weight is 333 g/mol. The zero-order valence-corrected chi connectivity index (χ0v) is 12.2. The molecule has 1 N–H and O–H groups in total. The van der Waals surface area contributed by atoms with Crippen LogP contribution in [0.4, 0.5) is 0 Å². The van der Waals surface area contributed by atoms with Gasteiger partial charge in [0.25, 0.3) is 0 Å². The number of hydrogen-bond donors (Lipinski definition) is 1. The number of rotatable bonds is 5. The molecular formula is C16H13BrO3. The third-order valence-electron chi connectivity index (χ3n) is 2.62. The van der Waals surface area contributed by atoms with Gasteiger partial charge in [-0.3, -0.25) is 0 Å². The monoisotopic (exact) mass is 332 g/mol. The van der Waals surface area contributed by atoms with Gasteiger partial charge >= 0.3 is 5.97 Å². The van der Waals surface area contributed by atoms with Crippen LogP contribution in [0.3, 0.4) is 0 Å². The molecule has 0 radical (unpaired) electrons. The Hall–Kier alpha value is -2.07. The van der Waals surface area contributed by atoms with Crippen molar-refractivity contribution in [2.24, 2.45) is 0 Å². The first kappa shape index (κ1) is 14.3. The first-order chi connectivity index (χ1) is 9.65. The maximum atomic E-state index is 10.5. The summed E-state index contributed by atoms with van der Waals surface area (Å²) in [4.78, 5) is 10.5. The van der Waals surface area contributed by atoms with E-state index in [1.165, 1.54) is 6.08 Å². The first-order valence-electron chi connectivity index (χ1n) is 6.02. The highest BCUT2D eigenvalue weighted by atomic mass is 79.9. The normalized spacial score (nSPS) is 10.7. The van der Waals surface area contributed by atoms with Crippen LogP contribution in [0.5, 0.6) is 5.75 Å². The maximum Gasteiger partial charge on any atom is 0.328 e. The summed E-state index contributed by atoms with van der Waals surface area (Å²) >= 11 is 3.38. The number of benzene rings is 2. The van der Waals surface area contributed by atoms with Gasteiger partial charge < -0.3 is 9.84 Å². The van der Waals surface area contributed by atoms with Crippen LogP contribution in [-0.2, 0) is 11.4 Å². The molecule has 2 aromatic rings. The molecule has 0 saturated carbocycles. The molecule has 0 heterocycles. The van der Waals surface area contributed by atoms with Crippen LogP contribution in [-0.4, -0.2) is 11.1 Å². The highest BCUT2D eigenvalue weighted by Crippen LogP contribution is 2.24. The van der Waals surface area contributed by atoms with Crippen LogP contribution < -0.4 is 4.74 Å². The molecule has 0 aromatic heterocycles. The van der Waals surface area contributed by atoms with Crippen molar-refractivity contribution < 1.29 is 14.6 Å². The Labute approximate surface area is 125 Å². The highest BCUT2D eigenvalue weighted by Gasteiger charge is 2.01. The van der Waals surface area contributed by atoms with Crippen LogP contribution in [0.15, 0.2) is 59.1 Å². The number of carboxylic acid groups (broad SMARTS) is 1. The van der Waals surface area contributed by atoms with Crippen molar-refractivity contribution in [1.82, 2.24) is 0 Å². The number of ether oxygens (including phenoxy) is 1. The zero-order chi connectivity index (χ0) is 14.4. The number of hydrogen-bond acceptors (Lipinski definition) is 2. The summed E-state index contributed by atoms with van der Waals surface area (Å²) in [5, 5.41) is 8.65. The summed E-state index contributed by atoms with van der Waals surface area (Å²) in [6, 6.07) is 15.3. The van der Waals surface area contributed by atoms with Crippen molar-refractivity contribution in [2.45, 2.75) is 6.61 Å². The Morgan fingerprint density at radius 3 is 2.65 bits per heavy atom. The molecule has 0 aliphatic heterocycles. The van der Waals surface area contributed by atoms with Gasteiger partial charge in [0.1, 0.15) is 12.4 Å². The van der Waals surface area contributed by atoms with Gasteiger partial charge in [-0.15, -0.1) is 0 Å². The van der Waals surface area contributed by atoms with Gasteiger partial charge in [0, 0.05) is 10.5 Å². The largest absolute Gasteiger partial charge is 0.489 e. The topological polar surface area (TPSA) is 46.5 Å². The van der Waals surface area contributed by atoms with E-state index in [4.69, 9.17) is 9.84 Å². The summed E-state index contributed by atoms with van der Waals surface area (Å²) in [5.41, 5.74) is 1.84. The van der Waals surface area contributed by atoms with E-state index in [2.05, 4.69) is 15.9 Å². The fraction of sp³-hybridized carbons (Fsp3) is 0.0625. The minimum Gasteiger partial charge on any atom is -0.489 e. The van der Waals surface area contributed by atoms with E-state index in [1.54, 1.807) is 6.07 Å². The number of carboxylic acids is 1. The third-order valence-corrected chi connectivity index (χ3v) is 3.34. The molecule has 4 heteroatoms. The number of aliphatic carboxylic acids is 1. The summed E-state index contributed by atoms with van der Waals surface area (Å²) in [6.45, 7) is 0.477. The zero-order valence-electron chi connectivity index (χ0n) is 10.6. The first-order valence-corrected chi connectivity index (χ1v) is 6.82. The molecule has 0 saturated heterocycles. The van der Waals surface area contributed by atoms with Crippen LogP contribution >= 0.6 is 15.9 Å². The molecule has 2 aromatic carbocycles. The van der Waals surface area contributed by atoms with Crippen LogP contribution in [0.25, 0.3) is 6.08 Å². The van der Waals surface area contributed by atoms with E-state index in [0.29, 0.717) is 12.4 Å². The van der Waals surface area contributed by atoms with Gasteiger partial charge in [-0.2, -0.15) is 0 Å². The Kier molecular flexibility index (Phi) is 4.96. The molecule has 0 aliphatic carbocycles. The van der Waals surface area contributed by atoms with E-state index in [0.717, 1.165) is 21.7 Å². The quantitative estimate of drug-likeness (QED) is 0.837. The number of halogens is 1. The number of carbonyl (C=O) groups is 1. The minimum absolute atomic E-state index is 0.477. The summed E-state index contributed by atoms with van der Waals surface area (Å²) in [7, 11) is 0. The molecule has 0 fully saturated rings. The molecule has 20 heavy (non-hydrogen) atoms. The van der Waals surface area contributed by atoms with Gasteiger partial charge in [0.2, 0.25) is 0 Å². The van der Waals surface area contributed by atoms with Gasteiger partial charge in [-0.1, -0.05) is 46.3 Å². The van der Waals surface area contributed by atoms with Crippen molar-refractivity contribution in [3.05, 3.63) is 70.2 Å². The second kappa shape index (κ2) is 6.91. The van der Waals surface area contributed by atoms with Gasteiger partial charge in [-0.25, -0.2) is 4.79 Å². The molecule has 0 unspecified atom stereocenters. The van der Waals surface area contributed by atoms with E-state index >= 15 is 0 Å². The maximum absolute atomic E-state index is 10.5. The second-order valence-corrected chi connectivity index (χ2v) is 4.98. The predicted octanol–water partition coefficient (Wildman–Crippen LogP) is 4.13. The third kappa shape index (κ3) is 4.24. The van der Waals surface area contributed by atoms with Crippen molar-refractivity contribution in [2.75, 3.05) is 0 Å². The van der Waals surface area contributed by atoms with Crippen molar-refractivity contribution in [1.29, 1.82) is 0 Å². The van der Waals surface area contributed by atoms with E-state index in [9.17, 15) is 4.79 Å². The molecule has 2 rings (SSSR count). The molecular weight excluding hydrogens is 320 g/mol. The Bertz CT molecular complexity index is 621.